The second kappa shape index (κ2) is 12.3. The van der Waals surface area contributed by atoms with Crippen LogP contribution in [0.4, 0.5) is 0 Å². The first-order chi connectivity index (χ1) is 15.8. The Morgan fingerprint density at radius 3 is 2.45 bits per heavy atom. The van der Waals surface area contributed by atoms with Crippen LogP contribution in [0.25, 0.3) is 0 Å². The lowest BCUT2D eigenvalue weighted by atomic mass is 9.80. The Balaban J connectivity index is 2.59. The molecule has 0 amide bonds. The highest BCUT2D eigenvalue weighted by Gasteiger charge is 2.40. The number of hydrogen-bond acceptors (Lipinski definition) is 8. The Labute approximate surface area is 201 Å². The molecule has 1 N–H and O–H groups in total. The minimum atomic E-state index is -0.927. The predicted octanol–water partition coefficient (Wildman–Crippen LogP) is 3.14. The number of rotatable bonds is 7. The maximum Gasteiger partial charge on any atom is 0.384 e. The lowest BCUT2D eigenvalue weighted by Gasteiger charge is -2.31. The average molecular weight is 496 g/mol. The molecule has 0 bridgehead atoms. The molecular formula is C23H23Cl2NO7. The van der Waals surface area contributed by atoms with Crippen molar-refractivity contribution in [3.63, 3.8) is 0 Å². The lowest BCUT2D eigenvalue weighted by Crippen LogP contribution is -2.34. The topological polar surface area (TPSA) is 100 Å². The summed E-state index contributed by atoms with van der Waals surface area (Å²) in [6.07, 6.45) is 0. The molecule has 0 radical (unpaired) electrons. The maximum atomic E-state index is 13.1. The first-order valence-corrected chi connectivity index (χ1v) is 10.6. The van der Waals surface area contributed by atoms with Crippen LogP contribution in [-0.2, 0) is 33.3 Å². The monoisotopic (exact) mass is 495 g/mol. The number of carbonyl (C=O) groups is 3. The van der Waals surface area contributed by atoms with Crippen LogP contribution in [0.3, 0.4) is 0 Å². The Hall–Kier alpha value is -2.99. The van der Waals surface area contributed by atoms with Gasteiger partial charge >= 0.3 is 17.9 Å². The summed E-state index contributed by atoms with van der Waals surface area (Å²) in [6.45, 7) is 3.23. The summed E-state index contributed by atoms with van der Waals surface area (Å²) in [5, 5.41) is 3.48. The van der Waals surface area contributed by atoms with Gasteiger partial charge in [-0.15, -0.1) is 0 Å². The van der Waals surface area contributed by atoms with E-state index < -0.39 is 23.8 Å². The second-order valence-corrected chi connectivity index (χ2v) is 7.42. The number of allylic oxidation sites excluding steroid dienone is 1. The maximum absolute atomic E-state index is 13.1. The molecule has 1 atom stereocenters. The predicted molar refractivity (Wildman–Crippen MR) is 121 cm³/mol. The van der Waals surface area contributed by atoms with Gasteiger partial charge in [-0.1, -0.05) is 41.3 Å². The smallest absolute Gasteiger partial charge is 0.384 e. The summed E-state index contributed by atoms with van der Waals surface area (Å²) in [7, 11) is 2.46. The fourth-order valence-electron chi connectivity index (χ4n) is 3.26. The molecule has 0 aromatic heterocycles. The molecule has 0 aliphatic carbocycles. The quantitative estimate of drug-likeness (QED) is 0.202. The van der Waals surface area contributed by atoms with E-state index in [1.165, 1.54) is 14.2 Å². The minimum Gasteiger partial charge on any atom is -0.466 e. The highest BCUT2D eigenvalue weighted by Crippen LogP contribution is 2.43. The number of carbonyl (C=O) groups excluding carboxylic acids is 3. The van der Waals surface area contributed by atoms with E-state index in [4.69, 9.17) is 37.4 Å². The highest BCUT2D eigenvalue weighted by molar-refractivity contribution is 6.42. The zero-order chi connectivity index (χ0) is 24.5. The van der Waals surface area contributed by atoms with Gasteiger partial charge in [0, 0.05) is 11.6 Å². The van der Waals surface area contributed by atoms with E-state index in [0.717, 1.165) is 0 Å². The fourth-order valence-corrected chi connectivity index (χ4v) is 3.68. The Kier molecular flexibility index (Phi) is 9.79. The molecule has 1 unspecified atom stereocenters. The minimum absolute atomic E-state index is 0.0928. The normalized spacial score (nSPS) is 15.3. The van der Waals surface area contributed by atoms with Crippen LogP contribution in [0.5, 0.6) is 0 Å². The van der Waals surface area contributed by atoms with E-state index in [9.17, 15) is 14.4 Å². The molecule has 1 aromatic carbocycles. The number of nitrogens with one attached hydrogen (secondary N) is 1. The van der Waals surface area contributed by atoms with Gasteiger partial charge in [0.25, 0.3) is 0 Å². The number of esters is 3. The van der Waals surface area contributed by atoms with Crippen molar-refractivity contribution in [2.24, 2.45) is 0 Å². The molecule has 33 heavy (non-hydrogen) atoms. The van der Waals surface area contributed by atoms with Gasteiger partial charge in [-0.25, -0.2) is 14.4 Å². The molecule has 0 fully saturated rings. The van der Waals surface area contributed by atoms with Gasteiger partial charge in [0.05, 0.1) is 60.2 Å². The zero-order valence-corrected chi connectivity index (χ0v) is 20.1. The largest absolute Gasteiger partial charge is 0.466 e. The van der Waals surface area contributed by atoms with Gasteiger partial charge in [0.1, 0.15) is 6.61 Å². The summed E-state index contributed by atoms with van der Waals surface area (Å²) in [6, 6.07) is 4.93. The number of halogens is 2. The lowest BCUT2D eigenvalue weighted by molar-refractivity contribution is -0.139. The van der Waals surface area contributed by atoms with E-state index in [-0.39, 0.29) is 41.0 Å². The van der Waals surface area contributed by atoms with Crippen molar-refractivity contribution in [3.8, 4) is 11.8 Å². The molecule has 0 saturated carbocycles. The third-order valence-electron chi connectivity index (χ3n) is 4.63. The first-order valence-electron chi connectivity index (χ1n) is 9.81. The van der Waals surface area contributed by atoms with Crippen molar-refractivity contribution in [2.45, 2.75) is 19.8 Å². The SMILES string of the molecule is CCOC(=O)C1=C(COCC#CC(=O)OC)NC(C)=C(C(=O)OC)C1c1cccc(Cl)c1Cl. The highest BCUT2D eigenvalue weighted by atomic mass is 35.5. The third-order valence-corrected chi connectivity index (χ3v) is 5.47. The first kappa shape index (κ1) is 26.3. The van der Waals surface area contributed by atoms with E-state index in [0.29, 0.717) is 17.0 Å². The van der Waals surface area contributed by atoms with Crippen LogP contribution >= 0.6 is 23.2 Å². The van der Waals surface area contributed by atoms with Crippen molar-refractivity contribution in [3.05, 3.63) is 56.3 Å². The van der Waals surface area contributed by atoms with Crippen molar-refractivity contribution in [1.29, 1.82) is 0 Å². The Bertz CT molecular complexity index is 1070. The van der Waals surface area contributed by atoms with Gasteiger partial charge in [-0.2, -0.15) is 0 Å². The van der Waals surface area contributed by atoms with Crippen LogP contribution in [0, 0.1) is 11.8 Å². The Morgan fingerprint density at radius 1 is 1.09 bits per heavy atom. The van der Waals surface area contributed by atoms with Gasteiger partial charge in [0.2, 0.25) is 0 Å². The fraction of sp³-hybridized carbons (Fsp3) is 0.348. The van der Waals surface area contributed by atoms with Crippen molar-refractivity contribution < 1.29 is 33.3 Å². The molecule has 0 spiro atoms. The molecule has 1 aliphatic heterocycles. The van der Waals surface area contributed by atoms with Gasteiger partial charge in [-0.3, -0.25) is 0 Å². The van der Waals surface area contributed by atoms with E-state index in [2.05, 4.69) is 21.9 Å². The molecule has 10 heteroatoms. The van der Waals surface area contributed by atoms with Crippen LogP contribution in [0.15, 0.2) is 40.7 Å². The van der Waals surface area contributed by atoms with Crippen LogP contribution in [-0.4, -0.2) is 51.9 Å². The van der Waals surface area contributed by atoms with Gasteiger partial charge < -0.3 is 24.3 Å². The van der Waals surface area contributed by atoms with Gasteiger partial charge in [0.15, 0.2) is 0 Å². The number of hydrogen-bond donors (Lipinski definition) is 1. The molecular weight excluding hydrogens is 473 g/mol. The standard InChI is InChI=1S/C23H23Cl2NO7/c1-5-33-23(29)20-16(12-32-11-7-10-17(27)30-3)26-13(2)18(22(28)31-4)19(20)14-8-6-9-15(24)21(14)25/h6,8-9,19,26H,5,11-12H2,1-4H3. The number of dihydropyridines is 1. The second-order valence-electron chi connectivity index (χ2n) is 6.63. The molecule has 8 nitrogen and oxygen atoms in total. The average Bonchev–Trinajstić information content (AvgIpc) is 2.79. The molecule has 1 aliphatic rings. The van der Waals surface area contributed by atoms with Crippen LogP contribution in [0.2, 0.25) is 10.0 Å². The van der Waals surface area contributed by atoms with Crippen LogP contribution < -0.4 is 5.32 Å². The summed E-state index contributed by atoms with van der Waals surface area (Å²) in [5.41, 5.74) is 1.51. The summed E-state index contributed by atoms with van der Waals surface area (Å²) in [5.74, 6) is 1.82. The molecule has 2 rings (SSSR count). The molecule has 0 saturated heterocycles. The zero-order valence-electron chi connectivity index (χ0n) is 18.5. The molecule has 1 heterocycles. The summed E-state index contributed by atoms with van der Waals surface area (Å²) < 4.78 is 20.2. The van der Waals surface area contributed by atoms with Crippen molar-refractivity contribution >= 4 is 41.1 Å². The number of benzene rings is 1. The summed E-state index contributed by atoms with van der Waals surface area (Å²) in [4.78, 5) is 36.9. The van der Waals surface area contributed by atoms with Crippen molar-refractivity contribution in [2.75, 3.05) is 34.0 Å². The summed E-state index contributed by atoms with van der Waals surface area (Å²) >= 11 is 12.7. The van der Waals surface area contributed by atoms with Crippen LogP contribution in [0.1, 0.15) is 25.3 Å². The number of methoxy groups -OCH3 is 2. The Morgan fingerprint density at radius 2 is 1.82 bits per heavy atom. The van der Waals surface area contributed by atoms with E-state index in [1.54, 1.807) is 32.0 Å². The number of ether oxygens (including phenoxy) is 4. The van der Waals surface area contributed by atoms with E-state index >= 15 is 0 Å². The van der Waals surface area contributed by atoms with Gasteiger partial charge in [-0.05, 0) is 25.5 Å². The van der Waals surface area contributed by atoms with Crippen molar-refractivity contribution in [1.82, 2.24) is 5.32 Å². The van der Waals surface area contributed by atoms with E-state index in [1.807, 2.05) is 0 Å². The molecule has 176 valence electrons. The third kappa shape index (κ3) is 6.29. The molecule has 1 aromatic rings.